The largest absolute Gasteiger partial charge is 0.232 e. The summed E-state index contributed by atoms with van der Waals surface area (Å²) in [5.74, 6) is 0.374. The molecule has 0 amide bonds. The van der Waals surface area contributed by atoms with Crippen molar-refractivity contribution in [1.82, 2.24) is 0 Å². The van der Waals surface area contributed by atoms with Crippen molar-refractivity contribution in [2.45, 2.75) is 30.9 Å². The third kappa shape index (κ3) is 3.48. The lowest BCUT2D eigenvalue weighted by Gasteiger charge is -2.26. The smallest absolute Gasteiger partial charge is 0.150 e. The van der Waals surface area contributed by atoms with Gasteiger partial charge in [-0.2, -0.15) is 0 Å². The second-order valence-corrected chi connectivity index (χ2v) is 6.42. The van der Waals surface area contributed by atoms with Crippen LogP contribution in [0.5, 0.6) is 0 Å². The molecule has 5 heteroatoms. The molecule has 80 valence electrons. The lowest BCUT2D eigenvalue weighted by atomic mass is 9.89. The zero-order valence-electron chi connectivity index (χ0n) is 8.27. The Labute approximate surface area is 90.5 Å². The van der Waals surface area contributed by atoms with Crippen molar-refractivity contribution in [3.8, 4) is 0 Å². The number of hydrogen-bond acceptors (Lipinski definition) is 4. The normalized spacial score (nSPS) is 28.1. The first-order chi connectivity index (χ1) is 6.54. The zero-order chi connectivity index (χ0) is 10.6. The molecule has 1 aliphatic rings. The predicted octanol–water partition coefficient (Wildman–Crippen LogP) is 1.69. The fourth-order valence-corrected chi connectivity index (χ4v) is 3.25. The molecule has 14 heavy (non-hydrogen) atoms. The van der Waals surface area contributed by atoms with Crippen molar-refractivity contribution < 1.29 is 8.42 Å². The molecule has 1 rings (SSSR count). The van der Waals surface area contributed by atoms with Crippen LogP contribution in [0.1, 0.15) is 25.7 Å². The van der Waals surface area contributed by atoms with Crippen LogP contribution in [0.15, 0.2) is 4.99 Å². The molecule has 1 saturated carbocycles. The van der Waals surface area contributed by atoms with Gasteiger partial charge in [0.2, 0.25) is 0 Å². The van der Waals surface area contributed by atoms with Crippen molar-refractivity contribution in [1.29, 1.82) is 0 Å². The van der Waals surface area contributed by atoms with Gasteiger partial charge in [0, 0.05) is 6.26 Å². The minimum atomic E-state index is -2.87. The average Bonchev–Trinajstić information content (AvgIpc) is 2.14. The lowest BCUT2D eigenvalue weighted by molar-refractivity contribution is 0.366. The Balaban J connectivity index is 2.56. The topological polar surface area (TPSA) is 46.5 Å². The van der Waals surface area contributed by atoms with Crippen LogP contribution in [0.25, 0.3) is 0 Å². The number of thiocarbonyl (C=S) groups is 1. The van der Waals surface area contributed by atoms with Crippen molar-refractivity contribution >= 4 is 27.2 Å². The van der Waals surface area contributed by atoms with Gasteiger partial charge < -0.3 is 0 Å². The Hall–Kier alpha value is -0.250. The molecular weight excluding hydrogens is 218 g/mol. The Morgan fingerprint density at radius 3 is 2.79 bits per heavy atom. The molecule has 0 aromatic heterocycles. The molecule has 1 fully saturated rings. The van der Waals surface area contributed by atoms with Gasteiger partial charge in [-0.05, 0) is 37.4 Å². The molecule has 2 atom stereocenters. The molecule has 3 nitrogen and oxygen atoms in total. The van der Waals surface area contributed by atoms with Crippen LogP contribution in [0.3, 0.4) is 0 Å². The molecule has 0 aromatic carbocycles. The number of nitrogens with zero attached hydrogens (tertiary/aromatic N) is 1. The van der Waals surface area contributed by atoms with Crippen molar-refractivity contribution in [2.24, 2.45) is 10.9 Å². The number of rotatable bonds is 3. The van der Waals surface area contributed by atoms with E-state index >= 15 is 0 Å². The summed E-state index contributed by atoms with van der Waals surface area (Å²) in [6, 6.07) is 0. The molecule has 0 unspecified atom stereocenters. The van der Waals surface area contributed by atoms with Crippen LogP contribution >= 0.6 is 12.2 Å². The van der Waals surface area contributed by atoms with Gasteiger partial charge in [-0.1, -0.05) is 6.42 Å². The van der Waals surface area contributed by atoms with Gasteiger partial charge in [0.05, 0.1) is 17.0 Å². The van der Waals surface area contributed by atoms with Crippen LogP contribution in [-0.4, -0.2) is 31.6 Å². The summed E-state index contributed by atoms with van der Waals surface area (Å²) in [5, 5.41) is 2.16. The van der Waals surface area contributed by atoms with Gasteiger partial charge in [0.25, 0.3) is 0 Å². The highest BCUT2D eigenvalue weighted by Gasteiger charge is 2.28. The third-order valence-corrected chi connectivity index (χ3v) is 4.52. The van der Waals surface area contributed by atoms with E-state index in [1.807, 2.05) is 0 Å². The molecule has 0 bridgehead atoms. The van der Waals surface area contributed by atoms with Crippen LogP contribution in [-0.2, 0) is 9.84 Å². The van der Waals surface area contributed by atoms with Crippen molar-refractivity contribution in [2.75, 3.05) is 12.8 Å². The van der Waals surface area contributed by atoms with Gasteiger partial charge in [-0.25, -0.2) is 13.4 Å². The number of isothiocyanates is 1. The maximum absolute atomic E-state index is 11.3. The highest BCUT2D eigenvalue weighted by molar-refractivity contribution is 7.91. The summed E-state index contributed by atoms with van der Waals surface area (Å²) < 4.78 is 22.7. The van der Waals surface area contributed by atoms with Crippen molar-refractivity contribution in [3.63, 3.8) is 0 Å². The van der Waals surface area contributed by atoms with E-state index in [2.05, 4.69) is 22.4 Å². The zero-order valence-corrected chi connectivity index (χ0v) is 9.90. The fourth-order valence-electron chi connectivity index (χ4n) is 1.96. The predicted molar refractivity (Wildman–Crippen MR) is 60.5 cm³/mol. The van der Waals surface area contributed by atoms with Gasteiger partial charge in [-0.3, -0.25) is 0 Å². The SMILES string of the molecule is CS(=O)(=O)[C@@H]1CCC[C@H](CN=C=S)C1. The second kappa shape index (κ2) is 5.01. The quantitative estimate of drug-likeness (QED) is 0.550. The maximum atomic E-state index is 11.3. The Morgan fingerprint density at radius 2 is 2.21 bits per heavy atom. The monoisotopic (exact) mass is 233 g/mol. The standard InChI is InChI=1S/C9H15NO2S2/c1-14(11,12)9-4-2-3-8(5-9)6-10-7-13/h8-9H,2-6H2,1H3/t8-,9+/m0/s1. The lowest BCUT2D eigenvalue weighted by Crippen LogP contribution is -2.28. The Bertz CT molecular complexity index is 331. The molecule has 0 saturated heterocycles. The van der Waals surface area contributed by atoms with Gasteiger partial charge in [0.15, 0.2) is 0 Å². The number of sulfone groups is 1. The molecule has 0 aromatic rings. The minimum absolute atomic E-state index is 0.165. The molecule has 0 radical (unpaired) electrons. The van der Waals surface area contributed by atoms with E-state index in [1.54, 1.807) is 0 Å². The highest BCUT2D eigenvalue weighted by Crippen LogP contribution is 2.28. The first-order valence-corrected chi connectivity index (χ1v) is 7.13. The van der Waals surface area contributed by atoms with Crippen LogP contribution in [0, 0.1) is 5.92 Å². The molecule has 1 aliphatic carbocycles. The minimum Gasteiger partial charge on any atom is -0.232 e. The molecular formula is C9H15NO2S2. The summed E-state index contributed by atoms with van der Waals surface area (Å²) in [6.07, 6.45) is 4.90. The summed E-state index contributed by atoms with van der Waals surface area (Å²) in [4.78, 5) is 3.88. The van der Waals surface area contributed by atoms with Crippen LogP contribution < -0.4 is 0 Å². The summed E-state index contributed by atoms with van der Waals surface area (Å²) >= 11 is 4.49. The van der Waals surface area contributed by atoms with Gasteiger partial charge >= 0.3 is 0 Å². The first kappa shape index (κ1) is 11.8. The second-order valence-electron chi connectivity index (χ2n) is 3.92. The first-order valence-electron chi connectivity index (χ1n) is 4.76. The van der Waals surface area contributed by atoms with E-state index in [0.717, 1.165) is 25.7 Å². The number of hydrogen-bond donors (Lipinski definition) is 0. The maximum Gasteiger partial charge on any atom is 0.150 e. The van der Waals surface area contributed by atoms with E-state index in [-0.39, 0.29) is 5.25 Å². The summed E-state index contributed by atoms with van der Waals surface area (Å²) in [6.45, 7) is 0.634. The van der Waals surface area contributed by atoms with E-state index < -0.39 is 9.84 Å². The summed E-state index contributed by atoms with van der Waals surface area (Å²) in [7, 11) is -2.87. The van der Waals surface area contributed by atoms with E-state index in [4.69, 9.17) is 0 Å². The van der Waals surface area contributed by atoms with Crippen LogP contribution in [0.4, 0.5) is 0 Å². The van der Waals surface area contributed by atoms with Crippen molar-refractivity contribution in [3.05, 3.63) is 0 Å². The molecule has 0 spiro atoms. The molecule has 0 heterocycles. The highest BCUT2D eigenvalue weighted by atomic mass is 32.2. The molecule has 0 aliphatic heterocycles. The van der Waals surface area contributed by atoms with Gasteiger partial charge in [0.1, 0.15) is 9.84 Å². The van der Waals surface area contributed by atoms with Crippen LogP contribution in [0.2, 0.25) is 0 Å². The number of aliphatic imine (C=N–C) groups is 1. The van der Waals surface area contributed by atoms with Gasteiger partial charge in [-0.15, -0.1) is 0 Å². The van der Waals surface area contributed by atoms with E-state index in [1.165, 1.54) is 6.26 Å². The Kier molecular flexibility index (Phi) is 4.23. The summed E-state index contributed by atoms with van der Waals surface area (Å²) in [5.41, 5.74) is 0. The molecule has 0 N–H and O–H groups in total. The average molecular weight is 233 g/mol. The fraction of sp³-hybridized carbons (Fsp3) is 0.889. The third-order valence-electron chi connectivity index (χ3n) is 2.75. The van der Waals surface area contributed by atoms with E-state index in [0.29, 0.717) is 12.5 Å². The Morgan fingerprint density at radius 1 is 1.50 bits per heavy atom. The van der Waals surface area contributed by atoms with E-state index in [9.17, 15) is 8.42 Å².